The van der Waals surface area contributed by atoms with Gasteiger partial charge in [0.05, 0.1) is 29.3 Å². The third kappa shape index (κ3) is 4.94. The summed E-state index contributed by atoms with van der Waals surface area (Å²) in [6.07, 6.45) is -0.558. The second-order valence-electron chi connectivity index (χ2n) is 8.13. The van der Waals surface area contributed by atoms with Crippen LogP contribution in [0.1, 0.15) is 18.1 Å². The number of sulfonamides is 1. The number of allylic oxidation sites excluding steroid dienone is 1. The van der Waals surface area contributed by atoms with Gasteiger partial charge in [0.1, 0.15) is 17.8 Å². The van der Waals surface area contributed by atoms with E-state index < -0.39 is 34.4 Å². The number of halogens is 4. The Morgan fingerprint density at radius 2 is 1.92 bits per heavy atom. The zero-order valence-corrected chi connectivity index (χ0v) is 20.0. The quantitative estimate of drug-likeness (QED) is 0.380. The molecule has 0 amide bonds. The molecule has 12 heteroatoms. The van der Waals surface area contributed by atoms with E-state index in [1.54, 1.807) is 12.2 Å². The topological polar surface area (TPSA) is 84.7 Å². The van der Waals surface area contributed by atoms with Crippen LogP contribution in [0.15, 0.2) is 70.4 Å². The lowest BCUT2D eigenvalue weighted by atomic mass is 9.98. The Morgan fingerprint density at radius 1 is 1.17 bits per heavy atom. The van der Waals surface area contributed by atoms with Gasteiger partial charge in [-0.1, -0.05) is 24.7 Å². The first-order valence-electron chi connectivity index (χ1n) is 10.6. The molecule has 0 spiro atoms. The number of hydrogen-bond donors (Lipinski definition) is 1. The van der Waals surface area contributed by atoms with Gasteiger partial charge in [-0.15, -0.1) is 0 Å². The number of aromatic nitrogens is 1. The van der Waals surface area contributed by atoms with Gasteiger partial charge >= 0.3 is 6.18 Å². The van der Waals surface area contributed by atoms with Crippen LogP contribution in [0.5, 0.6) is 5.75 Å². The summed E-state index contributed by atoms with van der Waals surface area (Å²) in [5.74, 6) is -2.44. The average Bonchev–Trinajstić information content (AvgIpc) is 3.31. The minimum atomic E-state index is -4.47. The fraction of sp³-hybridized carbons (Fsp3) is 0.208. The molecule has 0 bridgehead atoms. The number of benzene rings is 2. The van der Waals surface area contributed by atoms with E-state index in [4.69, 9.17) is 4.74 Å². The van der Waals surface area contributed by atoms with E-state index in [1.165, 1.54) is 48.6 Å². The number of hydrogen-bond acceptors (Lipinski definition) is 6. The highest BCUT2D eigenvalue weighted by atomic mass is 32.2. The molecule has 0 radical (unpaired) electrons. The smallest absolute Gasteiger partial charge is 0.391 e. The Labute approximate surface area is 204 Å². The van der Waals surface area contributed by atoms with Gasteiger partial charge in [-0.25, -0.2) is 12.8 Å². The highest BCUT2D eigenvalue weighted by Crippen LogP contribution is 2.43. The van der Waals surface area contributed by atoms with Crippen molar-refractivity contribution in [2.75, 3.05) is 16.7 Å². The normalized spacial score (nSPS) is 14.5. The zero-order valence-electron chi connectivity index (χ0n) is 19.1. The molecule has 0 unspecified atom stereocenters. The van der Waals surface area contributed by atoms with Crippen LogP contribution in [0.3, 0.4) is 0 Å². The number of anilines is 3. The summed E-state index contributed by atoms with van der Waals surface area (Å²) in [5, 5.41) is 3.53. The van der Waals surface area contributed by atoms with Crippen LogP contribution in [0, 0.1) is 11.7 Å². The molecule has 2 aromatic carbocycles. The summed E-state index contributed by atoms with van der Waals surface area (Å²) in [6, 6.07) is 7.94. The van der Waals surface area contributed by atoms with Gasteiger partial charge in [0.25, 0.3) is 10.0 Å². The molecule has 0 saturated carbocycles. The van der Waals surface area contributed by atoms with Crippen LogP contribution in [0.25, 0.3) is 6.08 Å². The van der Waals surface area contributed by atoms with Crippen LogP contribution >= 0.6 is 0 Å². The van der Waals surface area contributed by atoms with Crippen molar-refractivity contribution >= 4 is 33.3 Å². The molecule has 190 valence electrons. The number of methoxy groups -OCH3 is 1. The van der Waals surface area contributed by atoms with E-state index in [2.05, 4.69) is 21.0 Å². The molecule has 2 heterocycles. The first-order chi connectivity index (χ1) is 16.9. The monoisotopic (exact) mass is 523 g/mol. The molecule has 1 N–H and O–H groups in total. The fourth-order valence-corrected chi connectivity index (χ4v) is 4.75. The van der Waals surface area contributed by atoms with Gasteiger partial charge in [0.15, 0.2) is 5.82 Å². The SMILES string of the molecule is C=C1C=Cc2cc(S(=O)(=O)Nc3ccon3)ccc2N1c1cc(F)c(C[C@H](C)C(F)(F)F)cc1OC. The third-order valence-electron chi connectivity index (χ3n) is 5.64. The molecule has 1 aliphatic heterocycles. The minimum Gasteiger partial charge on any atom is -0.495 e. The van der Waals surface area contributed by atoms with Crippen LogP contribution in [-0.4, -0.2) is 26.9 Å². The highest BCUT2D eigenvalue weighted by molar-refractivity contribution is 7.92. The second-order valence-corrected chi connectivity index (χ2v) is 9.82. The molecule has 4 rings (SSSR count). The molecule has 1 aromatic heterocycles. The summed E-state index contributed by atoms with van der Waals surface area (Å²) in [5.41, 5.74) is 1.41. The predicted molar refractivity (Wildman–Crippen MR) is 126 cm³/mol. The average molecular weight is 524 g/mol. The van der Waals surface area contributed by atoms with Crippen molar-refractivity contribution in [3.63, 3.8) is 0 Å². The van der Waals surface area contributed by atoms with Crippen molar-refractivity contribution in [2.24, 2.45) is 5.92 Å². The Kier molecular flexibility index (Phi) is 6.56. The fourth-order valence-electron chi connectivity index (χ4n) is 3.72. The summed E-state index contributed by atoms with van der Waals surface area (Å²) >= 11 is 0. The largest absolute Gasteiger partial charge is 0.495 e. The Morgan fingerprint density at radius 3 is 2.56 bits per heavy atom. The molecule has 0 aliphatic carbocycles. The first kappa shape index (κ1) is 25.3. The van der Waals surface area contributed by atoms with Crippen LogP contribution in [0.4, 0.5) is 34.8 Å². The molecule has 0 fully saturated rings. The lowest BCUT2D eigenvalue weighted by molar-refractivity contribution is -0.169. The number of nitrogens with one attached hydrogen (secondary N) is 1. The molecular weight excluding hydrogens is 502 g/mol. The number of nitrogens with zero attached hydrogens (tertiary/aromatic N) is 2. The van der Waals surface area contributed by atoms with Crippen molar-refractivity contribution in [1.82, 2.24) is 5.16 Å². The summed E-state index contributed by atoms with van der Waals surface area (Å²) < 4.78 is 91.8. The van der Waals surface area contributed by atoms with Crippen LogP contribution in [0.2, 0.25) is 0 Å². The number of alkyl halides is 3. The third-order valence-corrected chi connectivity index (χ3v) is 7.00. The summed E-state index contributed by atoms with van der Waals surface area (Å²) in [4.78, 5) is 1.48. The summed E-state index contributed by atoms with van der Waals surface area (Å²) in [6.45, 7) is 4.95. The van der Waals surface area contributed by atoms with Gasteiger partial charge in [0, 0.05) is 17.8 Å². The van der Waals surface area contributed by atoms with E-state index in [0.29, 0.717) is 16.9 Å². The van der Waals surface area contributed by atoms with E-state index in [9.17, 15) is 26.0 Å². The first-order valence-corrected chi connectivity index (χ1v) is 12.1. The van der Waals surface area contributed by atoms with Crippen molar-refractivity contribution in [1.29, 1.82) is 0 Å². The molecule has 3 aromatic rings. The Balaban J connectivity index is 1.72. The molecule has 1 atom stereocenters. The van der Waals surface area contributed by atoms with Crippen molar-refractivity contribution in [3.05, 3.63) is 78.0 Å². The van der Waals surface area contributed by atoms with Crippen LogP contribution < -0.4 is 14.4 Å². The lowest BCUT2D eigenvalue weighted by Crippen LogP contribution is -2.23. The minimum absolute atomic E-state index is 0.0124. The number of ether oxygens (including phenoxy) is 1. The van der Waals surface area contributed by atoms with Gasteiger partial charge in [-0.2, -0.15) is 13.2 Å². The maximum Gasteiger partial charge on any atom is 0.391 e. The second kappa shape index (κ2) is 9.34. The van der Waals surface area contributed by atoms with E-state index >= 15 is 0 Å². The predicted octanol–water partition coefficient (Wildman–Crippen LogP) is 6.04. The molecule has 36 heavy (non-hydrogen) atoms. The van der Waals surface area contributed by atoms with Crippen molar-refractivity contribution in [3.8, 4) is 5.75 Å². The van der Waals surface area contributed by atoms with Gasteiger partial charge in [-0.3, -0.25) is 4.72 Å². The van der Waals surface area contributed by atoms with E-state index in [0.717, 1.165) is 13.0 Å². The van der Waals surface area contributed by atoms with Crippen LogP contribution in [-0.2, 0) is 16.4 Å². The maximum atomic E-state index is 15.0. The van der Waals surface area contributed by atoms with Gasteiger partial charge < -0.3 is 14.2 Å². The van der Waals surface area contributed by atoms with E-state index in [-0.39, 0.29) is 27.7 Å². The number of fused-ring (bicyclic) bond motifs is 1. The number of rotatable bonds is 7. The van der Waals surface area contributed by atoms with Gasteiger partial charge in [-0.05, 0) is 47.9 Å². The molecule has 0 saturated heterocycles. The molecular formula is C24H21F4N3O4S. The lowest BCUT2D eigenvalue weighted by Gasteiger charge is -2.31. The standard InChI is InChI=1S/C24H21F4N3O4S/c1-14(24(26,27)28)10-17-12-22(34-3)21(13-19(17)25)31-15(2)4-5-16-11-18(6-7-20(16)31)36(32,33)30-23-8-9-35-29-23/h4-9,11-14H,2,10H2,1,3H3,(H,29,30)/t14-/m0/s1. The Hall–Kier alpha value is -3.80. The Bertz CT molecular complexity index is 1430. The van der Waals surface area contributed by atoms with Gasteiger partial charge in [0.2, 0.25) is 0 Å². The van der Waals surface area contributed by atoms with Crippen molar-refractivity contribution in [2.45, 2.75) is 24.4 Å². The van der Waals surface area contributed by atoms with Crippen molar-refractivity contribution < 1.29 is 35.2 Å². The highest BCUT2D eigenvalue weighted by Gasteiger charge is 2.36. The zero-order chi connectivity index (χ0) is 26.3. The maximum absolute atomic E-state index is 15.0. The molecule has 7 nitrogen and oxygen atoms in total. The summed E-state index contributed by atoms with van der Waals surface area (Å²) in [7, 11) is -2.66. The molecule has 1 aliphatic rings. The van der Waals surface area contributed by atoms with E-state index in [1.807, 2.05) is 0 Å².